The van der Waals surface area contributed by atoms with E-state index in [0.717, 1.165) is 15.6 Å². The fraction of sp³-hybridized carbons (Fsp3) is 0.556. The summed E-state index contributed by atoms with van der Waals surface area (Å²) in [6, 6.07) is 1.60. The van der Waals surface area contributed by atoms with E-state index in [1.165, 1.54) is 4.90 Å². The van der Waals surface area contributed by atoms with Gasteiger partial charge in [0.05, 0.1) is 18.1 Å². The minimum Gasteiger partial charge on any atom is -0.504 e. The number of halogens is 1. The van der Waals surface area contributed by atoms with Gasteiger partial charge >= 0.3 is 5.97 Å². The first-order valence-electron chi connectivity index (χ1n) is 8.59. The van der Waals surface area contributed by atoms with E-state index in [9.17, 15) is 9.90 Å². The zero-order valence-corrected chi connectivity index (χ0v) is 15.9. The van der Waals surface area contributed by atoms with Crippen molar-refractivity contribution in [1.82, 2.24) is 4.90 Å². The lowest BCUT2D eigenvalue weighted by Crippen LogP contribution is -2.43. The Morgan fingerprint density at radius 3 is 2.73 bits per heavy atom. The number of nitriles is 1. The van der Waals surface area contributed by atoms with Gasteiger partial charge in [-0.1, -0.05) is 15.9 Å². The molecule has 1 N–H and O–H groups in total. The first-order chi connectivity index (χ1) is 12.5. The van der Waals surface area contributed by atoms with Crippen molar-refractivity contribution in [2.24, 2.45) is 5.92 Å². The summed E-state index contributed by atoms with van der Waals surface area (Å²) in [6.07, 6.45) is 3.73. The number of esters is 1. The Balaban J connectivity index is 1.72. The van der Waals surface area contributed by atoms with Gasteiger partial charge in [-0.3, -0.25) is 4.79 Å². The molecule has 0 spiro atoms. The highest BCUT2D eigenvalue weighted by atomic mass is 79.9. The second-order valence-corrected chi connectivity index (χ2v) is 7.81. The van der Waals surface area contributed by atoms with Gasteiger partial charge in [0, 0.05) is 29.5 Å². The number of carbonyl (C=O) groups is 1. The van der Waals surface area contributed by atoms with E-state index in [1.54, 1.807) is 13.1 Å². The molecule has 26 heavy (non-hydrogen) atoms. The lowest BCUT2D eigenvalue weighted by Gasteiger charge is -2.40. The van der Waals surface area contributed by atoms with Crippen LogP contribution in [0.5, 0.6) is 11.5 Å². The number of hydrogen-bond acceptors (Lipinski definition) is 7. The normalized spacial score (nSPS) is 29.2. The molecule has 2 heterocycles. The summed E-state index contributed by atoms with van der Waals surface area (Å²) in [5.41, 5.74) is 1.70. The van der Waals surface area contributed by atoms with Crippen LogP contribution < -0.4 is 4.74 Å². The van der Waals surface area contributed by atoms with E-state index >= 15 is 0 Å². The van der Waals surface area contributed by atoms with Crippen molar-refractivity contribution in [3.05, 3.63) is 21.7 Å². The van der Waals surface area contributed by atoms with Crippen LogP contribution in [0.4, 0.5) is 0 Å². The molecule has 4 atom stereocenters. The number of rotatable bonds is 3. The minimum atomic E-state index is -0.324. The summed E-state index contributed by atoms with van der Waals surface area (Å²) < 4.78 is 17.5. The second kappa shape index (κ2) is 6.72. The third-order valence-corrected chi connectivity index (χ3v) is 6.44. The summed E-state index contributed by atoms with van der Waals surface area (Å²) in [6.45, 7) is 0.784. The topological polar surface area (TPSA) is 92.0 Å². The Morgan fingerprint density at radius 2 is 2.04 bits per heavy atom. The highest BCUT2D eigenvalue weighted by Gasteiger charge is 2.49. The quantitative estimate of drug-likeness (QED) is 0.345. The summed E-state index contributed by atoms with van der Waals surface area (Å²) in [7, 11) is 1.71. The molecule has 0 bridgehead atoms. The molecule has 8 heteroatoms. The minimum absolute atomic E-state index is 0.0441. The van der Waals surface area contributed by atoms with Gasteiger partial charge in [0.15, 0.2) is 17.7 Å². The van der Waals surface area contributed by atoms with Crippen molar-refractivity contribution in [3.63, 3.8) is 0 Å². The molecule has 2 fully saturated rings. The average Bonchev–Trinajstić information content (AvgIpc) is 3.09. The number of likely N-dealkylation sites (N-methyl/N-ethyl adjacent to an activating group) is 1. The smallest absolute Gasteiger partial charge is 0.315 e. The third-order valence-electron chi connectivity index (χ3n) is 5.51. The molecule has 4 rings (SSSR count). The van der Waals surface area contributed by atoms with Gasteiger partial charge in [0.25, 0.3) is 0 Å². The molecular formula is C18H19BrN2O5. The number of nitrogens with zero attached hydrogens (tertiary/aromatic N) is 2. The van der Waals surface area contributed by atoms with Crippen LogP contribution in [0.1, 0.15) is 29.9 Å². The van der Waals surface area contributed by atoms with Crippen LogP contribution >= 0.6 is 15.9 Å². The molecule has 3 aliphatic rings. The van der Waals surface area contributed by atoms with E-state index < -0.39 is 0 Å². The maximum Gasteiger partial charge on any atom is 0.315 e. The summed E-state index contributed by atoms with van der Waals surface area (Å²) in [4.78, 5) is 14.0. The maximum atomic E-state index is 12.5. The molecular weight excluding hydrogens is 404 g/mol. The van der Waals surface area contributed by atoms with Crippen molar-refractivity contribution in [2.45, 2.75) is 37.4 Å². The van der Waals surface area contributed by atoms with Crippen molar-refractivity contribution >= 4 is 21.9 Å². The van der Waals surface area contributed by atoms with Crippen molar-refractivity contribution in [1.29, 1.82) is 5.26 Å². The van der Waals surface area contributed by atoms with Crippen molar-refractivity contribution in [3.8, 4) is 17.7 Å². The summed E-state index contributed by atoms with van der Waals surface area (Å²) in [5.74, 6) is -0.537. The Labute approximate surface area is 159 Å². The summed E-state index contributed by atoms with van der Waals surface area (Å²) >= 11 is 3.65. The molecule has 1 aliphatic carbocycles. The van der Waals surface area contributed by atoms with Crippen molar-refractivity contribution in [2.75, 3.05) is 20.4 Å². The van der Waals surface area contributed by atoms with Crippen LogP contribution in [0.15, 0.2) is 10.5 Å². The Kier molecular flexibility index (Phi) is 4.55. The van der Waals surface area contributed by atoms with E-state index in [0.29, 0.717) is 25.8 Å². The standard InChI is InChI=1S/C18H19BrN2O5/c1-21(7-20)3-2-9-4-12(22)17-15(16(9)19)10-5-13-14(25-8-24-13)6-11(10)18(23)26-17/h4,10-11,13-14,22H,2-3,5-6,8H2,1H3. The second-order valence-electron chi connectivity index (χ2n) is 7.02. The molecule has 2 aliphatic heterocycles. The van der Waals surface area contributed by atoms with E-state index in [2.05, 4.69) is 22.1 Å². The van der Waals surface area contributed by atoms with Crippen LogP contribution in [0, 0.1) is 17.4 Å². The number of ether oxygens (including phenoxy) is 3. The van der Waals surface area contributed by atoms with Gasteiger partial charge in [-0.15, -0.1) is 0 Å². The molecule has 1 saturated heterocycles. The molecule has 4 unspecified atom stereocenters. The van der Waals surface area contributed by atoms with Crippen LogP contribution in [0.25, 0.3) is 0 Å². The SMILES string of the molecule is CN(C#N)CCc1cc(O)c2c(c1Br)C1CC3OCOC3CC1C(=O)O2. The van der Waals surface area contributed by atoms with Gasteiger partial charge in [0.1, 0.15) is 6.79 Å². The van der Waals surface area contributed by atoms with E-state index in [4.69, 9.17) is 19.5 Å². The van der Waals surface area contributed by atoms with E-state index in [-0.39, 0.29) is 48.3 Å². The Bertz CT molecular complexity index is 793. The number of hydrogen-bond donors (Lipinski definition) is 1. The number of benzene rings is 1. The number of phenolic OH excluding ortho intramolecular Hbond substituents is 1. The first-order valence-corrected chi connectivity index (χ1v) is 9.39. The fourth-order valence-corrected chi connectivity index (χ4v) is 4.90. The van der Waals surface area contributed by atoms with Crippen LogP contribution in [0.2, 0.25) is 0 Å². The highest BCUT2D eigenvalue weighted by molar-refractivity contribution is 9.10. The number of carbonyl (C=O) groups excluding carboxylic acids is 1. The Morgan fingerprint density at radius 1 is 1.35 bits per heavy atom. The third kappa shape index (κ3) is 2.84. The van der Waals surface area contributed by atoms with Gasteiger partial charge < -0.3 is 24.2 Å². The van der Waals surface area contributed by atoms with Crippen LogP contribution in [-0.4, -0.2) is 48.6 Å². The van der Waals surface area contributed by atoms with E-state index in [1.807, 2.05) is 0 Å². The zero-order valence-electron chi connectivity index (χ0n) is 14.3. The predicted molar refractivity (Wildman–Crippen MR) is 93.5 cm³/mol. The molecule has 1 aromatic rings. The molecule has 1 aromatic carbocycles. The number of fused-ring (bicyclic) bond motifs is 4. The zero-order chi connectivity index (χ0) is 18.4. The monoisotopic (exact) mass is 422 g/mol. The molecule has 7 nitrogen and oxygen atoms in total. The number of phenols is 1. The first kappa shape index (κ1) is 17.6. The number of aromatic hydroxyl groups is 1. The Hall–Kier alpha value is -1.82. The lowest BCUT2D eigenvalue weighted by molar-refractivity contribution is -0.144. The van der Waals surface area contributed by atoms with Crippen LogP contribution in [0.3, 0.4) is 0 Å². The van der Waals surface area contributed by atoms with Gasteiger partial charge in [-0.05, 0) is 30.9 Å². The molecule has 0 amide bonds. The highest BCUT2D eigenvalue weighted by Crippen LogP contribution is 2.53. The lowest BCUT2D eigenvalue weighted by atomic mass is 9.71. The van der Waals surface area contributed by atoms with Gasteiger partial charge in [-0.25, -0.2) is 0 Å². The van der Waals surface area contributed by atoms with Gasteiger partial charge in [-0.2, -0.15) is 5.26 Å². The largest absolute Gasteiger partial charge is 0.504 e. The summed E-state index contributed by atoms with van der Waals surface area (Å²) in [5, 5.41) is 19.4. The predicted octanol–water partition coefficient (Wildman–Crippen LogP) is 2.26. The van der Waals surface area contributed by atoms with Crippen LogP contribution in [-0.2, 0) is 20.7 Å². The maximum absolute atomic E-state index is 12.5. The molecule has 0 aromatic heterocycles. The van der Waals surface area contributed by atoms with Crippen molar-refractivity contribution < 1.29 is 24.1 Å². The fourth-order valence-electron chi connectivity index (χ4n) is 4.12. The molecule has 138 valence electrons. The molecule has 0 radical (unpaired) electrons. The van der Waals surface area contributed by atoms with Gasteiger partial charge in [0.2, 0.25) is 0 Å². The molecule has 1 saturated carbocycles. The average molecular weight is 423 g/mol.